The molecule has 1 atom stereocenters. The van der Waals surface area contributed by atoms with Gasteiger partial charge in [0.25, 0.3) is 0 Å². The highest BCUT2D eigenvalue weighted by molar-refractivity contribution is 6.25. The topological polar surface area (TPSA) is 0 Å². The highest BCUT2D eigenvalue weighted by Gasteiger charge is 1.87. The maximum absolute atomic E-state index is 5.55. The van der Waals surface area contributed by atoms with Crippen molar-refractivity contribution >= 4 is 23.2 Å². The standard InChI is InChI=1S/C5H8Cl2/c1-5(7)3-2-4-6/h2,4-5H,3H2,1H3/b4-2+/t5-/m1/s1. The Morgan fingerprint density at radius 3 is 2.43 bits per heavy atom. The summed E-state index contributed by atoms with van der Waals surface area (Å²) in [4.78, 5) is 0. The van der Waals surface area contributed by atoms with Gasteiger partial charge in [0, 0.05) is 10.9 Å². The second-order valence-corrected chi connectivity index (χ2v) is 2.38. The molecule has 0 aromatic rings. The molecule has 0 bridgehead atoms. The van der Waals surface area contributed by atoms with Crippen LogP contribution < -0.4 is 0 Å². The smallest absolute Gasteiger partial charge is 0.0342 e. The van der Waals surface area contributed by atoms with Gasteiger partial charge < -0.3 is 0 Å². The van der Waals surface area contributed by atoms with Crippen molar-refractivity contribution in [2.45, 2.75) is 18.7 Å². The van der Waals surface area contributed by atoms with Crippen LogP contribution in [0.4, 0.5) is 0 Å². The molecule has 0 rings (SSSR count). The summed E-state index contributed by atoms with van der Waals surface area (Å²) in [5.74, 6) is 0. The summed E-state index contributed by atoms with van der Waals surface area (Å²) < 4.78 is 0. The number of allylic oxidation sites excluding steroid dienone is 1. The predicted octanol–water partition coefficient (Wildman–Crippen LogP) is 2.76. The van der Waals surface area contributed by atoms with E-state index >= 15 is 0 Å². The lowest BCUT2D eigenvalue weighted by atomic mass is 10.3. The van der Waals surface area contributed by atoms with Crippen molar-refractivity contribution in [3.8, 4) is 0 Å². The molecule has 7 heavy (non-hydrogen) atoms. The molecule has 0 aromatic carbocycles. The monoisotopic (exact) mass is 138 g/mol. The molecule has 0 heterocycles. The lowest BCUT2D eigenvalue weighted by Crippen LogP contribution is -1.83. The van der Waals surface area contributed by atoms with Crippen molar-refractivity contribution in [2.24, 2.45) is 0 Å². The normalized spacial score (nSPS) is 15.3. The van der Waals surface area contributed by atoms with E-state index in [4.69, 9.17) is 23.2 Å². The quantitative estimate of drug-likeness (QED) is 0.516. The largest absolute Gasteiger partial charge is 0.123 e. The minimum absolute atomic E-state index is 0.204. The first-order valence-electron chi connectivity index (χ1n) is 2.16. The van der Waals surface area contributed by atoms with Crippen LogP contribution in [-0.4, -0.2) is 5.38 Å². The zero-order valence-corrected chi connectivity index (χ0v) is 5.71. The van der Waals surface area contributed by atoms with E-state index in [0.29, 0.717) is 0 Å². The van der Waals surface area contributed by atoms with E-state index in [1.54, 1.807) is 0 Å². The highest BCUT2D eigenvalue weighted by atomic mass is 35.5. The summed E-state index contributed by atoms with van der Waals surface area (Å²) in [6.07, 6.45) is 2.68. The van der Waals surface area contributed by atoms with Gasteiger partial charge in [0.15, 0.2) is 0 Å². The average Bonchev–Trinajstić information content (AvgIpc) is 1.61. The van der Waals surface area contributed by atoms with E-state index in [2.05, 4.69) is 0 Å². The van der Waals surface area contributed by atoms with Gasteiger partial charge in [0.2, 0.25) is 0 Å². The van der Waals surface area contributed by atoms with Crippen molar-refractivity contribution in [1.29, 1.82) is 0 Å². The Balaban J connectivity index is 2.97. The fourth-order valence-corrected chi connectivity index (χ4v) is 0.445. The van der Waals surface area contributed by atoms with E-state index in [1.165, 1.54) is 5.54 Å². The summed E-state index contributed by atoms with van der Waals surface area (Å²) >= 11 is 10.8. The van der Waals surface area contributed by atoms with E-state index in [9.17, 15) is 0 Å². The fraction of sp³-hybridized carbons (Fsp3) is 0.600. The Kier molecular flexibility index (Phi) is 4.68. The van der Waals surface area contributed by atoms with E-state index < -0.39 is 0 Å². The molecule has 0 nitrogen and oxygen atoms in total. The van der Waals surface area contributed by atoms with Gasteiger partial charge in [-0.3, -0.25) is 0 Å². The van der Waals surface area contributed by atoms with Crippen LogP contribution in [-0.2, 0) is 0 Å². The zero-order valence-electron chi connectivity index (χ0n) is 4.20. The average molecular weight is 139 g/mol. The lowest BCUT2D eigenvalue weighted by Gasteiger charge is -1.90. The van der Waals surface area contributed by atoms with Crippen LogP contribution in [0.5, 0.6) is 0 Å². The van der Waals surface area contributed by atoms with E-state index in [1.807, 2.05) is 13.0 Å². The SMILES string of the molecule is C[C@@H](Cl)C/C=C/Cl. The lowest BCUT2D eigenvalue weighted by molar-refractivity contribution is 0.970. The molecule has 0 aliphatic carbocycles. The summed E-state index contributed by atoms with van der Waals surface area (Å²) in [5.41, 5.74) is 1.48. The van der Waals surface area contributed by atoms with Gasteiger partial charge in [-0.2, -0.15) is 0 Å². The summed E-state index contributed by atoms with van der Waals surface area (Å²) in [5, 5.41) is 0.204. The van der Waals surface area contributed by atoms with Crippen LogP contribution in [0.2, 0.25) is 0 Å². The van der Waals surface area contributed by atoms with Crippen molar-refractivity contribution in [3.63, 3.8) is 0 Å². The Hall–Kier alpha value is 0.320. The third kappa shape index (κ3) is 6.32. The second kappa shape index (κ2) is 4.48. The summed E-state index contributed by atoms with van der Waals surface area (Å²) in [6, 6.07) is 0. The van der Waals surface area contributed by atoms with Crippen LogP contribution >= 0.6 is 23.2 Å². The maximum Gasteiger partial charge on any atom is 0.0342 e. The Bertz CT molecular complexity index is 57.1. The Labute approximate surface area is 54.1 Å². The Morgan fingerprint density at radius 2 is 2.29 bits per heavy atom. The van der Waals surface area contributed by atoms with Crippen molar-refractivity contribution < 1.29 is 0 Å². The molecule has 0 aliphatic rings. The van der Waals surface area contributed by atoms with Crippen LogP contribution in [0, 0.1) is 0 Å². The molecule has 2 heteroatoms. The number of alkyl halides is 1. The maximum atomic E-state index is 5.55. The van der Waals surface area contributed by atoms with Gasteiger partial charge in [-0.1, -0.05) is 17.7 Å². The van der Waals surface area contributed by atoms with Gasteiger partial charge >= 0.3 is 0 Å². The third-order valence-electron chi connectivity index (χ3n) is 0.550. The zero-order chi connectivity index (χ0) is 5.70. The summed E-state index contributed by atoms with van der Waals surface area (Å²) in [6.45, 7) is 1.93. The molecule has 0 unspecified atom stereocenters. The van der Waals surface area contributed by atoms with Gasteiger partial charge in [0.1, 0.15) is 0 Å². The number of halogens is 2. The van der Waals surface area contributed by atoms with Crippen molar-refractivity contribution in [1.82, 2.24) is 0 Å². The molecule has 0 spiro atoms. The molecular formula is C5H8Cl2. The molecule has 0 amide bonds. The molecule has 0 aliphatic heterocycles. The Morgan fingerprint density at radius 1 is 1.71 bits per heavy atom. The molecule has 0 radical (unpaired) electrons. The molecule has 0 N–H and O–H groups in total. The number of hydrogen-bond acceptors (Lipinski definition) is 0. The second-order valence-electron chi connectivity index (χ2n) is 1.38. The molecule has 0 fully saturated rings. The molecular weight excluding hydrogens is 131 g/mol. The first-order chi connectivity index (χ1) is 3.27. The summed E-state index contributed by atoms with van der Waals surface area (Å²) in [7, 11) is 0. The first-order valence-corrected chi connectivity index (χ1v) is 3.04. The minimum atomic E-state index is 0.204. The predicted molar refractivity (Wildman–Crippen MR) is 34.9 cm³/mol. The number of rotatable bonds is 2. The molecule has 42 valence electrons. The molecule has 0 aromatic heterocycles. The fourth-order valence-electron chi connectivity index (χ4n) is 0.239. The van der Waals surface area contributed by atoms with Gasteiger partial charge in [0.05, 0.1) is 0 Å². The van der Waals surface area contributed by atoms with Crippen molar-refractivity contribution in [3.05, 3.63) is 11.6 Å². The van der Waals surface area contributed by atoms with E-state index in [0.717, 1.165) is 6.42 Å². The minimum Gasteiger partial charge on any atom is -0.123 e. The number of hydrogen-bond donors (Lipinski definition) is 0. The van der Waals surface area contributed by atoms with Crippen LogP contribution in [0.3, 0.4) is 0 Å². The van der Waals surface area contributed by atoms with Crippen LogP contribution in [0.25, 0.3) is 0 Å². The van der Waals surface area contributed by atoms with Gasteiger partial charge in [-0.05, 0) is 13.3 Å². The highest BCUT2D eigenvalue weighted by Crippen LogP contribution is 2.00. The molecule has 0 saturated heterocycles. The van der Waals surface area contributed by atoms with E-state index in [-0.39, 0.29) is 5.38 Å². The van der Waals surface area contributed by atoms with Crippen LogP contribution in [0.1, 0.15) is 13.3 Å². The first kappa shape index (κ1) is 7.32. The molecule has 0 saturated carbocycles. The van der Waals surface area contributed by atoms with Crippen molar-refractivity contribution in [2.75, 3.05) is 0 Å². The van der Waals surface area contributed by atoms with Crippen LogP contribution in [0.15, 0.2) is 11.6 Å². The van der Waals surface area contributed by atoms with Gasteiger partial charge in [-0.25, -0.2) is 0 Å². The van der Waals surface area contributed by atoms with Gasteiger partial charge in [-0.15, -0.1) is 11.6 Å². The third-order valence-corrected chi connectivity index (χ3v) is 0.906.